The lowest BCUT2D eigenvalue weighted by Gasteiger charge is -2.00. The summed E-state index contributed by atoms with van der Waals surface area (Å²) in [7, 11) is 0. The first kappa shape index (κ1) is 9.26. The third-order valence-electron chi connectivity index (χ3n) is 1.48. The van der Waals surface area contributed by atoms with Crippen molar-refractivity contribution in [1.82, 2.24) is 0 Å². The van der Waals surface area contributed by atoms with Gasteiger partial charge in [-0.2, -0.15) is 0 Å². The van der Waals surface area contributed by atoms with Crippen LogP contribution in [0.2, 0.25) is 0 Å². The average Bonchev–Trinajstić information content (AvgIpc) is 1.94. The zero-order chi connectivity index (χ0) is 9.14. The van der Waals surface area contributed by atoms with Crippen LogP contribution in [-0.2, 0) is 11.2 Å². The van der Waals surface area contributed by atoms with Gasteiger partial charge in [0.2, 0.25) is 0 Å². The summed E-state index contributed by atoms with van der Waals surface area (Å²) >= 11 is 3.97. The molecule has 0 spiro atoms. The zero-order valence-corrected chi connectivity index (χ0v) is 7.57. The summed E-state index contributed by atoms with van der Waals surface area (Å²) in [6.45, 7) is 1.44. The molecule has 0 saturated heterocycles. The van der Waals surface area contributed by atoms with E-state index in [2.05, 4.69) is 12.6 Å². The Morgan fingerprint density at radius 2 is 2.25 bits per heavy atom. The van der Waals surface area contributed by atoms with Gasteiger partial charge >= 0.3 is 0 Å². The van der Waals surface area contributed by atoms with Crippen molar-refractivity contribution in [3.05, 3.63) is 29.6 Å². The molecule has 0 N–H and O–H groups in total. The SMILES string of the molecule is CC(=O)Cc1ccc(S)cc1F. The normalized spacial score (nSPS) is 9.92. The molecule has 1 nitrogen and oxygen atoms in total. The Hall–Kier alpha value is -0.830. The number of hydrogen-bond acceptors (Lipinski definition) is 2. The molecule has 0 heterocycles. The van der Waals surface area contributed by atoms with E-state index in [0.717, 1.165) is 0 Å². The lowest BCUT2D eigenvalue weighted by Crippen LogP contribution is -1.98. The molecular formula is C9H9FOS. The van der Waals surface area contributed by atoms with Crippen molar-refractivity contribution in [2.24, 2.45) is 0 Å². The number of carbonyl (C=O) groups excluding carboxylic acids is 1. The summed E-state index contributed by atoms with van der Waals surface area (Å²) in [5, 5.41) is 0. The van der Waals surface area contributed by atoms with E-state index in [1.807, 2.05) is 0 Å². The molecule has 0 radical (unpaired) electrons. The quantitative estimate of drug-likeness (QED) is 0.697. The van der Waals surface area contributed by atoms with Crippen LogP contribution in [0.4, 0.5) is 4.39 Å². The number of rotatable bonds is 2. The smallest absolute Gasteiger partial charge is 0.134 e. The fourth-order valence-corrected chi connectivity index (χ4v) is 1.14. The van der Waals surface area contributed by atoms with Crippen molar-refractivity contribution in [1.29, 1.82) is 0 Å². The minimum absolute atomic E-state index is 0.0409. The maximum atomic E-state index is 13.0. The first-order valence-corrected chi connectivity index (χ1v) is 4.01. The highest BCUT2D eigenvalue weighted by molar-refractivity contribution is 7.80. The molecule has 0 aliphatic carbocycles. The summed E-state index contributed by atoms with van der Waals surface area (Å²) in [6.07, 6.45) is 0.153. The van der Waals surface area contributed by atoms with Crippen LogP contribution in [0.5, 0.6) is 0 Å². The standard InChI is InChI=1S/C9H9FOS/c1-6(11)4-7-2-3-8(12)5-9(7)10/h2-3,5,12H,4H2,1H3. The highest BCUT2D eigenvalue weighted by atomic mass is 32.1. The fraction of sp³-hybridized carbons (Fsp3) is 0.222. The van der Waals surface area contributed by atoms with Crippen molar-refractivity contribution < 1.29 is 9.18 Å². The zero-order valence-electron chi connectivity index (χ0n) is 6.67. The lowest BCUT2D eigenvalue weighted by atomic mass is 10.1. The lowest BCUT2D eigenvalue weighted by molar-refractivity contribution is -0.116. The predicted molar refractivity (Wildman–Crippen MR) is 48.0 cm³/mol. The largest absolute Gasteiger partial charge is 0.300 e. The van der Waals surface area contributed by atoms with Gasteiger partial charge in [0, 0.05) is 11.3 Å². The van der Waals surface area contributed by atoms with Crippen LogP contribution in [-0.4, -0.2) is 5.78 Å². The van der Waals surface area contributed by atoms with Crippen molar-refractivity contribution in [2.75, 3.05) is 0 Å². The van der Waals surface area contributed by atoms with Crippen LogP contribution in [0.15, 0.2) is 23.1 Å². The third-order valence-corrected chi connectivity index (χ3v) is 1.75. The fourth-order valence-electron chi connectivity index (χ4n) is 0.948. The minimum Gasteiger partial charge on any atom is -0.300 e. The van der Waals surface area contributed by atoms with Gasteiger partial charge in [0.05, 0.1) is 0 Å². The summed E-state index contributed by atoms with van der Waals surface area (Å²) in [6, 6.07) is 4.56. The molecule has 12 heavy (non-hydrogen) atoms. The van der Waals surface area contributed by atoms with E-state index in [1.54, 1.807) is 12.1 Å². The second-order valence-corrected chi connectivity index (χ2v) is 3.17. The third kappa shape index (κ3) is 2.34. The molecule has 0 atom stereocenters. The number of thiol groups is 1. The van der Waals surface area contributed by atoms with Gasteiger partial charge in [-0.1, -0.05) is 6.07 Å². The van der Waals surface area contributed by atoms with Crippen molar-refractivity contribution in [3.8, 4) is 0 Å². The Kier molecular flexibility index (Phi) is 2.87. The summed E-state index contributed by atoms with van der Waals surface area (Å²) < 4.78 is 13.0. The van der Waals surface area contributed by atoms with Crippen molar-refractivity contribution >= 4 is 18.4 Å². The maximum Gasteiger partial charge on any atom is 0.134 e. The van der Waals surface area contributed by atoms with E-state index in [1.165, 1.54) is 13.0 Å². The van der Waals surface area contributed by atoms with Crippen molar-refractivity contribution in [3.63, 3.8) is 0 Å². The van der Waals surface area contributed by atoms with Gasteiger partial charge < -0.3 is 0 Å². The minimum atomic E-state index is -0.363. The van der Waals surface area contributed by atoms with Gasteiger partial charge in [-0.15, -0.1) is 12.6 Å². The molecule has 0 unspecified atom stereocenters. The number of hydrogen-bond donors (Lipinski definition) is 1. The second-order valence-electron chi connectivity index (χ2n) is 2.65. The van der Waals surface area contributed by atoms with E-state index < -0.39 is 0 Å². The highest BCUT2D eigenvalue weighted by Gasteiger charge is 2.04. The molecule has 0 amide bonds. The summed E-state index contributed by atoms with van der Waals surface area (Å²) in [4.78, 5) is 11.2. The van der Waals surface area contributed by atoms with Gasteiger partial charge in [0.1, 0.15) is 11.6 Å². The van der Waals surface area contributed by atoms with E-state index in [4.69, 9.17) is 0 Å². The van der Waals surface area contributed by atoms with Gasteiger partial charge in [-0.05, 0) is 24.6 Å². The molecule has 1 rings (SSSR count). The maximum absolute atomic E-state index is 13.0. The molecule has 0 bridgehead atoms. The van der Waals surface area contributed by atoms with E-state index in [9.17, 15) is 9.18 Å². The van der Waals surface area contributed by atoms with Crippen LogP contribution in [0.1, 0.15) is 12.5 Å². The first-order valence-electron chi connectivity index (χ1n) is 3.56. The molecule has 0 fully saturated rings. The summed E-state index contributed by atoms with van der Waals surface area (Å²) in [5.41, 5.74) is 0.431. The van der Waals surface area contributed by atoms with E-state index in [0.29, 0.717) is 10.5 Å². The highest BCUT2D eigenvalue weighted by Crippen LogP contribution is 2.13. The summed E-state index contributed by atoms with van der Waals surface area (Å²) in [5.74, 6) is -0.404. The van der Waals surface area contributed by atoms with Gasteiger partial charge in [-0.25, -0.2) is 4.39 Å². The second kappa shape index (κ2) is 3.72. The Bertz CT molecular complexity index is 309. The first-order chi connectivity index (χ1) is 5.59. The number of benzene rings is 1. The number of halogens is 1. The van der Waals surface area contributed by atoms with Crippen LogP contribution in [0.25, 0.3) is 0 Å². The molecular weight excluding hydrogens is 175 g/mol. The molecule has 1 aromatic rings. The molecule has 64 valence electrons. The molecule has 0 aliphatic rings. The van der Waals surface area contributed by atoms with E-state index in [-0.39, 0.29) is 18.0 Å². The van der Waals surface area contributed by atoms with Crippen LogP contribution < -0.4 is 0 Å². The number of ketones is 1. The molecule has 3 heteroatoms. The molecule has 1 aromatic carbocycles. The number of Topliss-reactive ketones (excluding diaryl/α,β-unsaturated/α-hetero) is 1. The van der Waals surface area contributed by atoms with Crippen LogP contribution in [0, 0.1) is 5.82 Å². The number of carbonyl (C=O) groups is 1. The van der Waals surface area contributed by atoms with Crippen LogP contribution in [0.3, 0.4) is 0 Å². The monoisotopic (exact) mass is 184 g/mol. The average molecular weight is 184 g/mol. The van der Waals surface area contributed by atoms with E-state index >= 15 is 0 Å². The Morgan fingerprint density at radius 1 is 1.58 bits per heavy atom. The molecule has 0 aliphatic heterocycles. The van der Waals surface area contributed by atoms with Gasteiger partial charge in [0.15, 0.2) is 0 Å². The Labute approximate surface area is 76.0 Å². The van der Waals surface area contributed by atoms with Crippen molar-refractivity contribution in [2.45, 2.75) is 18.2 Å². The topological polar surface area (TPSA) is 17.1 Å². The Morgan fingerprint density at radius 3 is 2.75 bits per heavy atom. The van der Waals surface area contributed by atoms with Crippen LogP contribution >= 0.6 is 12.6 Å². The Balaban J connectivity index is 2.93. The van der Waals surface area contributed by atoms with Gasteiger partial charge in [-0.3, -0.25) is 4.79 Å². The van der Waals surface area contributed by atoms with Gasteiger partial charge in [0.25, 0.3) is 0 Å². The molecule has 0 saturated carbocycles. The predicted octanol–water partition coefficient (Wildman–Crippen LogP) is 2.25. The molecule has 0 aromatic heterocycles.